The first kappa shape index (κ1) is 16.3. The van der Waals surface area contributed by atoms with Crippen LogP contribution in [0.15, 0.2) is 41.6 Å². The van der Waals surface area contributed by atoms with Crippen molar-refractivity contribution in [2.45, 2.75) is 19.4 Å². The molecule has 3 heterocycles. The minimum atomic E-state index is -0.262. The predicted octanol–water partition coefficient (Wildman–Crippen LogP) is 1.21. The highest BCUT2D eigenvalue weighted by Gasteiger charge is 2.19. The molecule has 3 aromatic rings. The van der Waals surface area contributed by atoms with Crippen LogP contribution in [0.5, 0.6) is 5.75 Å². The van der Waals surface area contributed by atoms with Crippen molar-refractivity contribution in [1.82, 2.24) is 24.2 Å². The Balaban J connectivity index is 1.66. The molecular weight excluding hydrogens is 334 g/mol. The van der Waals surface area contributed by atoms with Crippen LogP contribution in [0.3, 0.4) is 0 Å². The van der Waals surface area contributed by atoms with Gasteiger partial charge >= 0.3 is 0 Å². The quantitative estimate of drug-likeness (QED) is 0.704. The van der Waals surface area contributed by atoms with E-state index in [1.54, 1.807) is 16.7 Å². The number of amides is 1. The molecule has 0 N–H and O–H groups in total. The molecule has 1 amide bonds. The van der Waals surface area contributed by atoms with E-state index < -0.39 is 0 Å². The molecular formula is C18H19N5O3. The Hall–Kier alpha value is -3.16. The number of fused-ring (bicyclic) bond motifs is 1. The number of hydrogen-bond donors (Lipinski definition) is 0. The van der Waals surface area contributed by atoms with Crippen LogP contribution in [0.25, 0.3) is 16.7 Å². The summed E-state index contributed by atoms with van der Waals surface area (Å²) in [5, 5.41) is 4.67. The molecule has 26 heavy (non-hydrogen) atoms. The number of nitrogens with zero attached hydrogens (tertiary/aromatic N) is 5. The van der Waals surface area contributed by atoms with Crippen LogP contribution < -0.4 is 10.3 Å². The zero-order valence-corrected chi connectivity index (χ0v) is 14.5. The van der Waals surface area contributed by atoms with E-state index in [9.17, 15) is 9.59 Å². The second-order valence-electron chi connectivity index (χ2n) is 6.26. The van der Waals surface area contributed by atoms with Crippen molar-refractivity contribution in [1.29, 1.82) is 0 Å². The summed E-state index contributed by atoms with van der Waals surface area (Å²) in [7, 11) is 1.60. The van der Waals surface area contributed by atoms with Crippen LogP contribution in [-0.4, -0.2) is 50.3 Å². The number of ether oxygens (including phenoxy) is 1. The predicted molar refractivity (Wildman–Crippen MR) is 95.5 cm³/mol. The first-order valence-corrected chi connectivity index (χ1v) is 8.53. The van der Waals surface area contributed by atoms with Crippen LogP contribution in [-0.2, 0) is 11.3 Å². The molecule has 2 aromatic heterocycles. The summed E-state index contributed by atoms with van der Waals surface area (Å²) >= 11 is 0. The van der Waals surface area contributed by atoms with Crippen molar-refractivity contribution in [2.75, 3.05) is 20.2 Å². The second kappa shape index (κ2) is 6.62. The van der Waals surface area contributed by atoms with Gasteiger partial charge in [-0.25, -0.2) is 9.67 Å². The largest absolute Gasteiger partial charge is 0.497 e. The van der Waals surface area contributed by atoms with Gasteiger partial charge in [-0.3, -0.25) is 14.2 Å². The Kier molecular flexibility index (Phi) is 4.16. The smallest absolute Gasteiger partial charge is 0.264 e. The lowest BCUT2D eigenvalue weighted by Gasteiger charge is -2.15. The summed E-state index contributed by atoms with van der Waals surface area (Å²) in [5.41, 5.74) is 0.978. The van der Waals surface area contributed by atoms with Gasteiger partial charge < -0.3 is 9.64 Å². The molecule has 4 rings (SSSR count). The first-order valence-electron chi connectivity index (χ1n) is 8.53. The van der Waals surface area contributed by atoms with Crippen molar-refractivity contribution < 1.29 is 9.53 Å². The number of carbonyl (C=O) groups excluding carboxylic acids is 1. The maximum Gasteiger partial charge on any atom is 0.264 e. The highest BCUT2D eigenvalue weighted by Crippen LogP contribution is 2.17. The van der Waals surface area contributed by atoms with Gasteiger partial charge in [0.2, 0.25) is 5.91 Å². The van der Waals surface area contributed by atoms with Crippen LogP contribution in [0.2, 0.25) is 0 Å². The van der Waals surface area contributed by atoms with Gasteiger partial charge in [-0.2, -0.15) is 5.10 Å². The van der Waals surface area contributed by atoms with E-state index in [-0.39, 0.29) is 18.0 Å². The monoisotopic (exact) mass is 353 g/mol. The van der Waals surface area contributed by atoms with Crippen molar-refractivity contribution in [3.8, 4) is 11.4 Å². The van der Waals surface area contributed by atoms with Crippen LogP contribution >= 0.6 is 0 Å². The summed E-state index contributed by atoms with van der Waals surface area (Å²) in [6.45, 7) is 1.53. The summed E-state index contributed by atoms with van der Waals surface area (Å²) in [6.07, 6.45) is 4.95. The number of benzene rings is 1. The Labute approximate surface area is 149 Å². The normalized spacial score (nSPS) is 14.1. The van der Waals surface area contributed by atoms with Gasteiger partial charge in [0.25, 0.3) is 5.56 Å². The van der Waals surface area contributed by atoms with Crippen LogP contribution in [0.1, 0.15) is 12.8 Å². The van der Waals surface area contributed by atoms with Crippen LogP contribution in [0.4, 0.5) is 0 Å². The molecule has 0 unspecified atom stereocenters. The molecule has 0 saturated carbocycles. The minimum Gasteiger partial charge on any atom is -0.497 e. The topological polar surface area (TPSA) is 82.2 Å². The maximum absolute atomic E-state index is 12.7. The lowest BCUT2D eigenvalue weighted by Crippen LogP contribution is -2.34. The van der Waals surface area contributed by atoms with Gasteiger partial charge in [-0.05, 0) is 37.1 Å². The fraction of sp³-hybridized carbons (Fsp3) is 0.333. The van der Waals surface area contributed by atoms with Crippen molar-refractivity contribution >= 4 is 16.9 Å². The Morgan fingerprint density at radius 1 is 1.19 bits per heavy atom. The SMILES string of the molecule is COc1ccc(-n2ncc3c(=O)n(CC(=O)N4CCCC4)cnc32)cc1. The van der Waals surface area contributed by atoms with E-state index in [0.717, 1.165) is 37.4 Å². The van der Waals surface area contributed by atoms with E-state index in [0.29, 0.717) is 11.0 Å². The third kappa shape index (κ3) is 2.83. The van der Waals surface area contributed by atoms with Gasteiger partial charge in [0.05, 0.1) is 19.0 Å². The van der Waals surface area contributed by atoms with E-state index in [1.807, 2.05) is 24.3 Å². The van der Waals surface area contributed by atoms with E-state index >= 15 is 0 Å². The number of aromatic nitrogens is 4. The van der Waals surface area contributed by atoms with Gasteiger partial charge in [-0.1, -0.05) is 0 Å². The number of hydrogen-bond acceptors (Lipinski definition) is 5. The molecule has 134 valence electrons. The van der Waals surface area contributed by atoms with Crippen molar-refractivity contribution in [3.05, 3.63) is 47.1 Å². The number of rotatable bonds is 4. The van der Waals surface area contributed by atoms with Gasteiger partial charge in [0.1, 0.15) is 24.0 Å². The molecule has 1 aliphatic heterocycles. The van der Waals surface area contributed by atoms with Crippen molar-refractivity contribution in [3.63, 3.8) is 0 Å². The third-order valence-electron chi connectivity index (χ3n) is 4.64. The third-order valence-corrected chi connectivity index (χ3v) is 4.64. The van der Waals surface area contributed by atoms with E-state index in [2.05, 4.69) is 10.1 Å². The molecule has 0 atom stereocenters. The number of carbonyl (C=O) groups is 1. The molecule has 1 saturated heterocycles. The molecule has 0 radical (unpaired) electrons. The van der Waals surface area contributed by atoms with E-state index in [4.69, 9.17) is 4.74 Å². The summed E-state index contributed by atoms with van der Waals surface area (Å²) in [6, 6.07) is 7.32. The summed E-state index contributed by atoms with van der Waals surface area (Å²) < 4.78 is 8.10. The summed E-state index contributed by atoms with van der Waals surface area (Å²) in [4.78, 5) is 31.1. The van der Waals surface area contributed by atoms with Gasteiger partial charge in [0.15, 0.2) is 5.65 Å². The first-order chi connectivity index (χ1) is 12.7. The highest BCUT2D eigenvalue weighted by atomic mass is 16.5. The van der Waals surface area contributed by atoms with Crippen molar-refractivity contribution in [2.24, 2.45) is 0 Å². The van der Waals surface area contributed by atoms with Gasteiger partial charge in [-0.15, -0.1) is 0 Å². The highest BCUT2D eigenvalue weighted by molar-refractivity contribution is 5.78. The molecule has 8 heteroatoms. The lowest BCUT2D eigenvalue weighted by molar-refractivity contribution is -0.130. The zero-order valence-electron chi connectivity index (χ0n) is 14.5. The average Bonchev–Trinajstić information content (AvgIpc) is 3.34. The fourth-order valence-corrected chi connectivity index (χ4v) is 3.19. The van der Waals surface area contributed by atoms with Gasteiger partial charge in [0, 0.05) is 13.1 Å². The molecule has 0 aliphatic carbocycles. The average molecular weight is 353 g/mol. The van der Waals surface area contributed by atoms with E-state index in [1.165, 1.54) is 17.1 Å². The molecule has 1 fully saturated rings. The van der Waals surface area contributed by atoms with Crippen LogP contribution in [0, 0.1) is 0 Å². The standard InChI is InChI=1S/C18H19N5O3/c1-26-14-6-4-13(5-7-14)23-17-15(10-20-23)18(25)22(12-19-17)11-16(24)21-8-2-3-9-21/h4-7,10,12H,2-3,8-9,11H2,1H3. The molecule has 0 bridgehead atoms. The Bertz CT molecular complexity index is 1000. The molecule has 1 aliphatic rings. The lowest BCUT2D eigenvalue weighted by atomic mass is 10.3. The fourth-order valence-electron chi connectivity index (χ4n) is 3.19. The molecule has 1 aromatic carbocycles. The Morgan fingerprint density at radius 2 is 1.92 bits per heavy atom. The maximum atomic E-state index is 12.7. The zero-order chi connectivity index (χ0) is 18.1. The molecule has 0 spiro atoms. The Morgan fingerprint density at radius 3 is 2.62 bits per heavy atom. The second-order valence-corrected chi connectivity index (χ2v) is 6.26. The number of likely N-dealkylation sites (tertiary alicyclic amines) is 1. The summed E-state index contributed by atoms with van der Waals surface area (Å²) in [5.74, 6) is 0.689. The number of methoxy groups -OCH3 is 1. The molecule has 8 nitrogen and oxygen atoms in total. The minimum absolute atomic E-state index is 0.00941.